The number of para-hydroxylation sites is 4. The molecule has 5 N–H and O–H groups in total. The lowest BCUT2D eigenvalue weighted by atomic mass is 9.77. The first-order valence-corrected chi connectivity index (χ1v) is 48.7. The van der Waals surface area contributed by atoms with E-state index in [2.05, 4.69) is 195 Å². The number of nitrogens with zero attached hydrogens (tertiary/aromatic N) is 4. The number of ketones is 1. The normalized spacial score (nSPS) is 16.3. The van der Waals surface area contributed by atoms with Crippen LogP contribution in [0, 0.1) is 72.1 Å². The summed E-state index contributed by atoms with van der Waals surface area (Å²) in [5.41, 5.74) is 22.1. The smallest absolute Gasteiger partial charge is 0.227 e. The fourth-order valence-corrected chi connectivity index (χ4v) is 18.6. The molecule has 0 aliphatic heterocycles. The zero-order valence-electron chi connectivity index (χ0n) is 81.3. The van der Waals surface area contributed by atoms with Gasteiger partial charge in [0.2, 0.25) is 57.8 Å². The molecule has 14 rings (SSSR count). The number of carbonyl (C=O) groups excluding carboxylic acids is 5. The quantitative estimate of drug-likeness (QED) is 0.0185. The molecule has 16 heteroatoms. The molecule has 0 bridgehead atoms. The van der Waals surface area contributed by atoms with E-state index in [-0.39, 0.29) is 75.4 Å². The number of hydrogen-bond donors (Lipinski definition) is 5. The predicted octanol–water partition coefficient (Wildman–Crippen LogP) is 26.0. The Morgan fingerprint density at radius 1 is 0.363 bits per heavy atom. The lowest BCUT2D eigenvalue weighted by molar-refractivity contribution is -0.302. The molecule has 0 spiro atoms. The molecule has 16 nitrogen and oxygen atoms in total. The molecule has 0 aromatic heterocycles. The summed E-state index contributed by atoms with van der Waals surface area (Å²) in [5.74, 6) is -2.72. The summed E-state index contributed by atoms with van der Waals surface area (Å²) in [7, 11) is 0. The molecule has 5 unspecified atom stereocenters. The van der Waals surface area contributed by atoms with Crippen LogP contribution in [0.25, 0.3) is 11.1 Å². The molecule has 4 amide bonds. The third-order valence-electron chi connectivity index (χ3n) is 26.3. The number of anilines is 8. The molecule has 696 valence electrons. The summed E-state index contributed by atoms with van der Waals surface area (Å²) in [4.78, 5) is 75.6. The van der Waals surface area contributed by atoms with E-state index in [1.807, 2.05) is 210 Å². The van der Waals surface area contributed by atoms with Crippen molar-refractivity contribution in [3.05, 3.63) is 368 Å². The van der Waals surface area contributed by atoms with Gasteiger partial charge in [-0.25, -0.2) is 0 Å². The van der Waals surface area contributed by atoms with Gasteiger partial charge >= 0.3 is 0 Å². The van der Waals surface area contributed by atoms with Gasteiger partial charge in [-0.1, -0.05) is 268 Å². The van der Waals surface area contributed by atoms with E-state index in [9.17, 15) is 34.2 Å². The van der Waals surface area contributed by atoms with Gasteiger partial charge in [0.15, 0.2) is 5.78 Å². The van der Waals surface area contributed by atoms with Crippen molar-refractivity contribution in [2.75, 3.05) is 20.4 Å². The second-order valence-corrected chi connectivity index (χ2v) is 36.2. The average Bonchev–Trinajstić information content (AvgIpc) is 0.732. The topological polar surface area (TPSA) is 212 Å². The second kappa shape index (κ2) is 46.2. The van der Waals surface area contributed by atoms with Crippen molar-refractivity contribution in [3.63, 3.8) is 0 Å². The molecule has 0 saturated carbocycles. The minimum atomic E-state index is -1.31. The van der Waals surface area contributed by atoms with Crippen LogP contribution in [0.15, 0.2) is 318 Å². The Balaban J connectivity index is 0.000000230. The number of carbonyl (C=O) groups is 5. The maximum Gasteiger partial charge on any atom is 0.227 e. The molecule has 0 saturated heterocycles. The van der Waals surface area contributed by atoms with Crippen LogP contribution in [0.3, 0.4) is 0 Å². The van der Waals surface area contributed by atoms with Crippen LogP contribution in [-0.2, 0) is 24.0 Å². The first-order valence-electron chi connectivity index (χ1n) is 48.7. The van der Waals surface area contributed by atoms with Gasteiger partial charge in [-0.3, -0.25) is 24.0 Å². The highest BCUT2D eigenvalue weighted by atomic mass is 16.3. The number of nitrogens with one attached hydrogen (secondary N) is 4. The highest BCUT2D eigenvalue weighted by Crippen LogP contribution is 2.50. The Hall–Kier alpha value is -13.8. The Labute approximate surface area is 799 Å². The SMILES string of the molecule is CCCCC(CC)C(=O)NC1=CC(=[N+](c2ccc(C)cc2)c2ccc(C)cc2C)C=C/C1=C1/C([O-])=C(c2ccc(N(c3ccc(C)cc3C)c3ccc(C)cc3C)cc2NC(=O)C(CC)CCCC)C1O.CCCCC(CC)C(=O)NC1=CC(=[N+](c2ccccc2)c2ccccc2)C=CC1=C1C(=O)C(c2ccc(N(c3ccccc3)c3ccccc3)cc2NC(=O)C(CC)CCCC)=C1[O-]. The largest absolute Gasteiger partial charge is 0.872 e. The van der Waals surface area contributed by atoms with E-state index in [0.29, 0.717) is 70.7 Å². The lowest BCUT2D eigenvalue weighted by Gasteiger charge is -2.41. The van der Waals surface area contributed by atoms with Crippen LogP contribution < -0.4 is 50.4 Å². The van der Waals surface area contributed by atoms with Gasteiger partial charge in [-0.2, -0.15) is 9.15 Å². The Morgan fingerprint density at radius 2 is 0.741 bits per heavy atom. The number of allylic oxidation sites excluding steroid dienone is 8. The molecule has 0 radical (unpaired) electrons. The zero-order chi connectivity index (χ0) is 96.1. The van der Waals surface area contributed by atoms with E-state index in [0.717, 1.165) is 184 Å². The number of aliphatic hydroxyl groups is 1. The van der Waals surface area contributed by atoms with Crippen molar-refractivity contribution >= 4 is 120 Å². The number of benzene rings is 10. The number of rotatable bonds is 36. The first-order chi connectivity index (χ1) is 65.3. The summed E-state index contributed by atoms with van der Waals surface area (Å²) in [6.07, 6.45) is 23.1. The number of unbranched alkanes of at least 4 members (excludes halogenated alkanes) is 4. The number of aryl methyl sites for hydroxylation is 7. The molecule has 0 heterocycles. The maximum absolute atomic E-state index is 15.0. The molecule has 4 aliphatic carbocycles. The van der Waals surface area contributed by atoms with Crippen LogP contribution in [0.2, 0.25) is 0 Å². The Morgan fingerprint density at radius 3 is 1.16 bits per heavy atom. The summed E-state index contributed by atoms with van der Waals surface area (Å²) < 4.78 is 4.25. The number of Topliss-reactive ketones (excluding diaryl/α,β-unsaturated/α-hetero) is 1. The van der Waals surface area contributed by atoms with Crippen LogP contribution in [0.1, 0.15) is 208 Å². The molecular formula is C119H132N8O8. The van der Waals surface area contributed by atoms with Gasteiger partial charge in [-0.15, -0.1) is 0 Å². The first kappa shape index (κ1) is 98.7. The van der Waals surface area contributed by atoms with E-state index in [1.54, 1.807) is 12.1 Å². The van der Waals surface area contributed by atoms with Gasteiger partial charge < -0.3 is 46.4 Å². The fourth-order valence-electron chi connectivity index (χ4n) is 18.6. The standard InChI is InChI=1S/C63H74N4O4.C56H58N4O4/c1-12-16-18-46(14-3)62(70)64-53-37-49(66(48-25-20-39(5)21-26-48)55-31-22-40(6)34-43(55)9)27-29-51(53)58-60(68)59(61(58)69)52-30-28-50(38-54(52)65-63(71)47(15-4)19-17-13-2)67(56-32-23-41(7)35-44(56)10)57-33-24-42(8)36-45(57)11;1-5-9-23-39(7-3)55(63)57-49-37-45(59(41-25-15-11-16-26-41)42-27-17-12-18-28-42)33-35-47(49)51-53(61)52(54(51)62)48-36-34-46(38-50(48)58-56(64)40(8-4)24-10-6-2)60(43-29-19-13-20-30-43)44-31-21-14-22-32-44/h20-38,46-47,60,68H,12-19H2,1-11H3,(H2,64,65,69,70,71);11-22,25-40H,5-10,23-24H2,1-4H3,(H2,57,58,61,62,63,64). The van der Waals surface area contributed by atoms with Gasteiger partial charge in [0.25, 0.3) is 0 Å². The molecule has 10 aromatic rings. The van der Waals surface area contributed by atoms with Crippen molar-refractivity contribution in [1.82, 2.24) is 19.8 Å². The maximum atomic E-state index is 15.0. The number of amides is 4. The van der Waals surface area contributed by atoms with Crippen molar-refractivity contribution in [2.45, 2.75) is 213 Å². The van der Waals surface area contributed by atoms with E-state index < -0.39 is 17.6 Å². The van der Waals surface area contributed by atoms with Crippen molar-refractivity contribution in [3.8, 4) is 0 Å². The van der Waals surface area contributed by atoms with Crippen molar-refractivity contribution < 1.29 is 39.3 Å². The number of hydrogen-bond acceptors (Lipinski definition) is 10. The zero-order valence-corrected chi connectivity index (χ0v) is 81.3. The Kier molecular flexibility index (Phi) is 33.8. The van der Waals surface area contributed by atoms with Crippen LogP contribution in [0.5, 0.6) is 0 Å². The van der Waals surface area contributed by atoms with Gasteiger partial charge in [-0.05, 0) is 201 Å². The minimum absolute atomic E-state index is 0.00430. The van der Waals surface area contributed by atoms with Crippen LogP contribution in [-0.4, -0.2) is 52.0 Å². The molecule has 5 atom stereocenters. The monoisotopic (exact) mass is 1800 g/mol. The predicted molar refractivity (Wildman–Crippen MR) is 554 cm³/mol. The Bertz CT molecular complexity index is 6210. The van der Waals surface area contributed by atoms with E-state index in [1.165, 1.54) is 0 Å². The van der Waals surface area contributed by atoms with E-state index in [4.69, 9.17) is 0 Å². The molecule has 10 aromatic carbocycles. The van der Waals surface area contributed by atoms with Gasteiger partial charge in [0.05, 0.1) is 22.8 Å². The summed E-state index contributed by atoms with van der Waals surface area (Å²) >= 11 is 0. The third kappa shape index (κ3) is 22.8. The van der Waals surface area contributed by atoms with Crippen molar-refractivity contribution in [1.29, 1.82) is 0 Å². The van der Waals surface area contributed by atoms with Crippen LogP contribution in [0.4, 0.5) is 68.2 Å². The minimum Gasteiger partial charge on any atom is -0.872 e. The summed E-state index contributed by atoms with van der Waals surface area (Å²) in [5, 5.41) is 55.0. The second-order valence-electron chi connectivity index (χ2n) is 36.2. The lowest BCUT2D eigenvalue weighted by Crippen LogP contribution is -2.38. The van der Waals surface area contributed by atoms with Crippen LogP contribution >= 0.6 is 0 Å². The highest BCUT2D eigenvalue weighted by Gasteiger charge is 2.40. The molecule has 0 fully saturated rings. The fraction of sp³-hybridized carbons (Fsp3) is 0.303. The van der Waals surface area contributed by atoms with Gasteiger partial charge in [0, 0.05) is 164 Å². The van der Waals surface area contributed by atoms with Crippen molar-refractivity contribution in [2.24, 2.45) is 23.7 Å². The summed E-state index contributed by atoms with van der Waals surface area (Å²) in [6.45, 7) is 31.1. The van der Waals surface area contributed by atoms with E-state index >= 15 is 5.11 Å². The molecule has 135 heavy (non-hydrogen) atoms. The average molecular weight is 1800 g/mol. The molecule has 4 aliphatic rings. The highest BCUT2D eigenvalue weighted by molar-refractivity contribution is 6.40. The van der Waals surface area contributed by atoms with Gasteiger partial charge in [0.1, 0.15) is 6.10 Å². The third-order valence-corrected chi connectivity index (χ3v) is 26.3. The number of aliphatic hydroxyl groups excluding tert-OH is 1. The summed E-state index contributed by atoms with van der Waals surface area (Å²) in [6, 6.07) is 78.5. The molecular weight excluding hydrogens is 1670 g/mol.